The summed E-state index contributed by atoms with van der Waals surface area (Å²) in [6, 6.07) is 6.10. The number of halogens is 1. The summed E-state index contributed by atoms with van der Waals surface area (Å²) in [5.41, 5.74) is 0.502. The molecule has 2 atom stereocenters. The third-order valence-electron chi connectivity index (χ3n) is 7.38. The summed E-state index contributed by atoms with van der Waals surface area (Å²) < 4.78 is 40.8. The van der Waals surface area contributed by atoms with Crippen molar-refractivity contribution in [3.63, 3.8) is 0 Å². The lowest BCUT2D eigenvalue weighted by atomic mass is 10.1. The fourth-order valence-corrected chi connectivity index (χ4v) is 8.52. The predicted molar refractivity (Wildman–Crippen MR) is 145 cm³/mol. The average Bonchev–Trinajstić information content (AvgIpc) is 3.57. The van der Waals surface area contributed by atoms with Gasteiger partial charge in [-0.1, -0.05) is 17.7 Å². The van der Waals surface area contributed by atoms with Crippen LogP contribution >= 0.6 is 22.9 Å². The minimum atomic E-state index is -3.90. The number of hydrogen-bond acceptors (Lipinski definition) is 10. The maximum Gasteiger partial charge on any atom is 0.310 e. The quantitative estimate of drug-likeness (QED) is 0.437. The second-order valence-corrected chi connectivity index (χ2v) is 13.6. The number of hydrogen-bond donors (Lipinski definition) is 2. The number of rotatable bonds is 5. The molecule has 3 aromatic rings. The molecule has 40 heavy (non-hydrogen) atoms. The molecule has 214 valence electrons. The van der Waals surface area contributed by atoms with Crippen molar-refractivity contribution in [2.24, 2.45) is 0 Å². The number of benzene rings is 1. The lowest BCUT2D eigenvalue weighted by Crippen LogP contribution is -2.58. The first-order valence-electron chi connectivity index (χ1n) is 12.9. The number of nitrogens with zero attached hydrogens (tertiary/aromatic N) is 4. The van der Waals surface area contributed by atoms with Crippen LogP contribution in [-0.2, 0) is 32.5 Å². The van der Waals surface area contributed by atoms with E-state index in [4.69, 9.17) is 20.8 Å². The van der Waals surface area contributed by atoms with E-state index in [0.29, 0.717) is 42.8 Å². The Hall–Kier alpha value is -2.59. The highest BCUT2D eigenvalue weighted by molar-refractivity contribution is 7.91. The second-order valence-electron chi connectivity index (χ2n) is 9.95. The van der Waals surface area contributed by atoms with Crippen molar-refractivity contribution >= 4 is 54.9 Å². The van der Waals surface area contributed by atoms with Gasteiger partial charge in [0, 0.05) is 55.3 Å². The number of aliphatic hydroxyl groups is 1. The SMILES string of the molecule is O=C(CC1CN(S(=O)(=O)c2cc3ccc(Cl)cc3s2)CCN1C(=O)c1nc2c(o1)CNC(O)C2)N1CCOCC1. The molecule has 15 heteroatoms. The number of thiophene rings is 1. The molecule has 3 aliphatic heterocycles. The van der Waals surface area contributed by atoms with Crippen molar-refractivity contribution in [3.8, 4) is 0 Å². The van der Waals surface area contributed by atoms with Crippen LogP contribution in [0.1, 0.15) is 28.6 Å². The molecule has 0 spiro atoms. The van der Waals surface area contributed by atoms with E-state index in [2.05, 4.69) is 10.3 Å². The van der Waals surface area contributed by atoms with Crippen molar-refractivity contribution in [3.05, 3.63) is 46.6 Å². The molecule has 2 fully saturated rings. The number of piperazine rings is 1. The summed E-state index contributed by atoms with van der Waals surface area (Å²) in [5, 5.41) is 14.0. The number of oxazole rings is 1. The molecule has 0 saturated carbocycles. The minimum Gasteiger partial charge on any atom is -0.436 e. The van der Waals surface area contributed by atoms with Crippen LogP contribution in [0.25, 0.3) is 10.1 Å². The highest BCUT2D eigenvalue weighted by Crippen LogP contribution is 2.34. The number of nitrogens with one attached hydrogen (secondary N) is 1. The summed E-state index contributed by atoms with van der Waals surface area (Å²) in [5.74, 6) is -0.360. The Morgan fingerprint density at radius 2 is 1.98 bits per heavy atom. The van der Waals surface area contributed by atoms with E-state index in [1.54, 1.807) is 29.2 Å². The topological polar surface area (TPSA) is 146 Å². The van der Waals surface area contributed by atoms with Crippen LogP contribution in [0, 0.1) is 0 Å². The Bertz CT molecular complexity index is 1550. The van der Waals surface area contributed by atoms with Gasteiger partial charge >= 0.3 is 5.91 Å². The molecule has 2 unspecified atom stereocenters. The van der Waals surface area contributed by atoms with Crippen molar-refractivity contribution in [1.82, 2.24) is 24.4 Å². The number of carbonyl (C=O) groups is 2. The molecule has 5 heterocycles. The molecular formula is C25H28ClN5O7S2. The van der Waals surface area contributed by atoms with Crippen LogP contribution in [0.3, 0.4) is 0 Å². The highest BCUT2D eigenvalue weighted by atomic mass is 35.5. The second kappa shape index (κ2) is 11.0. The van der Waals surface area contributed by atoms with Crippen LogP contribution in [0.4, 0.5) is 0 Å². The summed E-state index contributed by atoms with van der Waals surface area (Å²) in [4.78, 5) is 34.3. The van der Waals surface area contributed by atoms with Gasteiger partial charge in [-0.2, -0.15) is 4.31 Å². The number of amides is 2. The minimum absolute atomic E-state index is 0.0476. The number of aromatic nitrogens is 1. The largest absolute Gasteiger partial charge is 0.436 e. The molecule has 6 rings (SSSR count). The first-order chi connectivity index (χ1) is 19.2. The standard InChI is InChI=1S/C25H28ClN5O7S2/c26-16-2-1-15-9-23(39-20(15)10-16)40(35,36)30-3-4-31(17(14-30)11-22(33)29-5-7-37-8-6-29)25(34)24-28-18-12-21(32)27-13-19(18)38-24/h1-2,9-10,17,21,27,32H,3-8,11-14H2. The molecule has 2 amide bonds. The number of carbonyl (C=O) groups excluding carboxylic acids is 2. The summed E-state index contributed by atoms with van der Waals surface area (Å²) >= 11 is 7.23. The Morgan fingerprint density at radius 3 is 2.77 bits per heavy atom. The molecule has 0 radical (unpaired) electrons. The third kappa shape index (κ3) is 5.36. The number of morpholine rings is 1. The van der Waals surface area contributed by atoms with E-state index >= 15 is 0 Å². The van der Waals surface area contributed by atoms with E-state index in [-0.39, 0.29) is 55.0 Å². The van der Waals surface area contributed by atoms with Gasteiger partial charge in [0.15, 0.2) is 0 Å². The Morgan fingerprint density at radius 1 is 1.18 bits per heavy atom. The van der Waals surface area contributed by atoms with Gasteiger partial charge in [-0.15, -0.1) is 11.3 Å². The van der Waals surface area contributed by atoms with Crippen LogP contribution in [-0.4, -0.2) is 103 Å². The molecule has 0 aliphatic carbocycles. The van der Waals surface area contributed by atoms with Crippen LogP contribution in [0.5, 0.6) is 0 Å². The van der Waals surface area contributed by atoms with Crippen molar-refractivity contribution in [1.29, 1.82) is 0 Å². The Kier molecular flexibility index (Phi) is 7.59. The van der Waals surface area contributed by atoms with Gasteiger partial charge < -0.3 is 24.1 Å². The number of aliphatic hydroxyl groups excluding tert-OH is 1. The molecule has 1 aromatic carbocycles. The maximum absolute atomic E-state index is 13.7. The molecular weight excluding hydrogens is 582 g/mol. The summed E-state index contributed by atoms with van der Waals surface area (Å²) in [6.45, 7) is 2.02. The average molecular weight is 610 g/mol. The highest BCUT2D eigenvalue weighted by Gasteiger charge is 2.40. The van der Waals surface area contributed by atoms with Gasteiger partial charge in [-0.25, -0.2) is 13.4 Å². The van der Waals surface area contributed by atoms with E-state index in [0.717, 1.165) is 21.4 Å². The van der Waals surface area contributed by atoms with Gasteiger partial charge in [-0.05, 0) is 23.6 Å². The van der Waals surface area contributed by atoms with Crippen molar-refractivity contribution in [2.45, 2.75) is 35.9 Å². The zero-order valence-electron chi connectivity index (χ0n) is 21.4. The van der Waals surface area contributed by atoms with Gasteiger partial charge in [0.05, 0.1) is 31.5 Å². The Labute approximate surface area is 239 Å². The molecule has 12 nitrogen and oxygen atoms in total. The fourth-order valence-electron chi connectivity index (χ4n) is 5.23. The lowest BCUT2D eigenvalue weighted by Gasteiger charge is -2.40. The summed E-state index contributed by atoms with van der Waals surface area (Å²) in [6.07, 6.45) is -0.629. The Balaban J connectivity index is 1.27. The van der Waals surface area contributed by atoms with Gasteiger partial charge in [0.2, 0.25) is 5.91 Å². The molecule has 3 aliphatic rings. The number of ether oxygens (including phenoxy) is 1. The first kappa shape index (κ1) is 27.6. The van der Waals surface area contributed by atoms with E-state index in [1.165, 1.54) is 9.21 Å². The summed E-state index contributed by atoms with van der Waals surface area (Å²) in [7, 11) is -3.90. The van der Waals surface area contributed by atoms with Crippen molar-refractivity contribution in [2.75, 3.05) is 45.9 Å². The van der Waals surface area contributed by atoms with Gasteiger partial charge in [0.25, 0.3) is 15.9 Å². The predicted octanol–water partition coefficient (Wildman–Crippen LogP) is 1.27. The zero-order valence-corrected chi connectivity index (χ0v) is 23.8. The fraction of sp³-hybridized carbons (Fsp3) is 0.480. The van der Waals surface area contributed by atoms with E-state index in [1.807, 2.05) is 0 Å². The molecule has 2 aromatic heterocycles. The first-order valence-corrected chi connectivity index (χ1v) is 15.6. The number of fused-ring (bicyclic) bond motifs is 2. The maximum atomic E-state index is 13.7. The van der Waals surface area contributed by atoms with E-state index < -0.39 is 28.2 Å². The molecule has 0 bridgehead atoms. The normalized spacial score (nSPS) is 22.4. The van der Waals surface area contributed by atoms with Gasteiger partial charge in [-0.3, -0.25) is 14.9 Å². The smallest absolute Gasteiger partial charge is 0.310 e. The lowest BCUT2D eigenvalue weighted by molar-refractivity contribution is -0.136. The monoisotopic (exact) mass is 609 g/mol. The van der Waals surface area contributed by atoms with E-state index in [9.17, 15) is 23.1 Å². The third-order valence-corrected chi connectivity index (χ3v) is 11.0. The molecule has 2 saturated heterocycles. The number of sulfonamides is 1. The van der Waals surface area contributed by atoms with Crippen LogP contribution < -0.4 is 5.32 Å². The zero-order chi connectivity index (χ0) is 28.0. The molecule has 2 N–H and O–H groups in total. The van der Waals surface area contributed by atoms with Gasteiger partial charge in [0.1, 0.15) is 16.2 Å². The van der Waals surface area contributed by atoms with Crippen molar-refractivity contribution < 1.29 is 32.3 Å². The van der Waals surface area contributed by atoms with Crippen LogP contribution in [0.15, 0.2) is 32.9 Å². The van der Waals surface area contributed by atoms with Crippen LogP contribution in [0.2, 0.25) is 5.02 Å².